The van der Waals surface area contributed by atoms with Gasteiger partial charge in [0.25, 0.3) is 5.91 Å². The van der Waals surface area contributed by atoms with Gasteiger partial charge in [-0.05, 0) is 25.0 Å². The van der Waals surface area contributed by atoms with E-state index in [1.54, 1.807) is 18.2 Å². The smallest absolute Gasteiger partial charge is 0.258 e. The number of hydrogen-bond acceptors (Lipinski definition) is 4. The maximum absolute atomic E-state index is 12.1. The molecule has 1 aromatic carbocycles. The number of hydrogen-bond donors (Lipinski definition) is 2. The lowest BCUT2D eigenvalue weighted by atomic mass is 10.2. The Bertz CT molecular complexity index is 651. The van der Waals surface area contributed by atoms with Crippen LogP contribution in [-0.4, -0.2) is 21.9 Å². The Balaban J connectivity index is 1.72. The van der Waals surface area contributed by atoms with Gasteiger partial charge in [-0.3, -0.25) is 4.79 Å². The summed E-state index contributed by atoms with van der Waals surface area (Å²) in [4.78, 5) is 20.4. The van der Waals surface area contributed by atoms with Crippen LogP contribution in [0.15, 0.2) is 30.6 Å². The Hall–Kier alpha value is -1.85. The van der Waals surface area contributed by atoms with E-state index in [0.29, 0.717) is 33.3 Å². The average Bonchev–Trinajstić information content (AvgIpc) is 3.28. The largest absolute Gasteiger partial charge is 0.351 e. The fourth-order valence-corrected chi connectivity index (χ4v) is 2.22. The van der Waals surface area contributed by atoms with Crippen LogP contribution in [0.1, 0.15) is 23.2 Å². The van der Waals surface area contributed by atoms with E-state index in [-0.39, 0.29) is 5.91 Å². The summed E-state index contributed by atoms with van der Waals surface area (Å²) in [7, 11) is 0. The molecule has 2 aromatic rings. The predicted molar refractivity (Wildman–Crippen MR) is 83.1 cm³/mol. The van der Waals surface area contributed by atoms with E-state index < -0.39 is 0 Å². The number of para-hydroxylation sites is 1. The third-order valence-electron chi connectivity index (χ3n) is 3.03. The number of amides is 1. The number of rotatable bonds is 4. The topological polar surface area (TPSA) is 66.9 Å². The van der Waals surface area contributed by atoms with Gasteiger partial charge in [-0.2, -0.15) is 0 Å². The molecule has 1 saturated carbocycles. The van der Waals surface area contributed by atoms with Crippen LogP contribution in [0.4, 0.5) is 11.6 Å². The molecule has 0 saturated heterocycles. The molecule has 0 radical (unpaired) electrons. The first-order valence-electron chi connectivity index (χ1n) is 6.47. The molecule has 0 bridgehead atoms. The van der Waals surface area contributed by atoms with Crippen molar-refractivity contribution in [1.29, 1.82) is 0 Å². The van der Waals surface area contributed by atoms with Crippen LogP contribution < -0.4 is 10.6 Å². The fourth-order valence-electron chi connectivity index (χ4n) is 1.73. The van der Waals surface area contributed by atoms with Crippen molar-refractivity contribution in [2.75, 3.05) is 10.6 Å². The number of anilines is 2. The lowest BCUT2D eigenvalue weighted by molar-refractivity contribution is 0.102. The van der Waals surface area contributed by atoms with Crippen molar-refractivity contribution in [1.82, 2.24) is 9.97 Å². The molecule has 1 aliphatic carbocycles. The van der Waals surface area contributed by atoms with Crippen molar-refractivity contribution < 1.29 is 4.79 Å². The molecule has 0 spiro atoms. The van der Waals surface area contributed by atoms with E-state index in [1.807, 2.05) is 0 Å². The molecule has 1 aromatic heterocycles. The molecule has 0 aliphatic heterocycles. The summed E-state index contributed by atoms with van der Waals surface area (Å²) in [6, 6.07) is 5.48. The van der Waals surface area contributed by atoms with Crippen molar-refractivity contribution in [2.24, 2.45) is 0 Å². The number of aromatic nitrogens is 2. The maximum atomic E-state index is 12.1. The summed E-state index contributed by atoms with van der Waals surface area (Å²) in [5.41, 5.74) is 0.721. The van der Waals surface area contributed by atoms with Gasteiger partial charge in [0.05, 0.1) is 21.3 Å². The van der Waals surface area contributed by atoms with E-state index in [9.17, 15) is 4.79 Å². The van der Waals surface area contributed by atoms with Crippen molar-refractivity contribution >= 4 is 40.7 Å². The molecule has 1 aliphatic rings. The van der Waals surface area contributed by atoms with Gasteiger partial charge in [-0.15, -0.1) is 0 Å². The first-order valence-corrected chi connectivity index (χ1v) is 7.23. The van der Waals surface area contributed by atoms with E-state index in [1.165, 1.54) is 12.4 Å². The minimum atomic E-state index is -0.358. The van der Waals surface area contributed by atoms with Gasteiger partial charge in [0.15, 0.2) is 0 Å². The molecule has 3 rings (SSSR count). The number of nitrogens with one attached hydrogen (secondary N) is 2. The first kappa shape index (κ1) is 14.1. The highest BCUT2D eigenvalue weighted by molar-refractivity contribution is 6.40. The summed E-state index contributed by atoms with van der Waals surface area (Å²) < 4.78 is 0. The Morgan fingerprint density at radius 2 is 1.76 bits per heavy atom. The zero-order chi connectivity index (χ0) is 14.8. The first-order chi connectivity index (χ1) is 10.1. The molecule has 108 valence electrons. The van der Waals surface area contributed by atoms with Crippen LogP contribution >= 0.6 is 23.2 Å². The van der Waals surface area contributed by atoms with E-state index in [4.69, 9.17) is 23.2 Å². The number of halogens is 2. The second-order valence-electron chi connectivity index (χ2n) is 4.76. The number of carbonyl (C=O) groups excluding carboxylic acids is 1. The standard InChI is InChI=1S/C14H12Cl2N4O/c15-10-2-1-3-11(16)12(10)20-13(21)8-6-17-14(18-7-8)19-9-4-5-9/h1-3,6-7,9H,4-5H2,(H,20,21)(H,17,18,19). The van der Waals surface area contributed by atoms with Crippen LogP contribution in [0, 0.1) is 0 Å². The number of benzene rings is 1. The molecule has 1 fully saturated rings. The molecule has 7 heteroatoms. The summed E-state index contributed by atoms with van der Waals surface area (Å²) in [5.74, 6) is 0.174. The monoisotopic (exact) mass is 322 g/mol. The Morgan fingerprint density at radius 1 is 1.14 bits per heavy atom. The number of nitrogens with zero attached hydrogens (tertiary/aromatic N) is 2. The normalized spacial score (nSPS) is 13.8. The molecule has 21 heavy (non-hydrogen) atoms. The van der Waals surface area contributed by atoms with Gasteiger partial charge >= 0.3 is 0 Å². The van der Waals surface area contributed by atoms with Crippen LogP contribution in [0.25, 0.3) is 0 Å². The molecule has 1 amide bonds. The van der Waals surface area contributed by atoms with Gasteiger partial charge in [0, 0.05) is 18.4 Å². The third kappa shape index (κ3) is 3.43. The summed E-state index contributed by atoms with van der Waals surface area (Å²) in [6.07, 6.45) is 5.21. The average molecular weight is 323 g/mol. The Morgan fingerprint density at radius 3 is 2.33 bits per heavy atom. The van der Waals surface area contributed by atoms with Gasteiger partial charge in [0.1, 0.15) is 0 Å². The van der Waals surface area contributed by atoms with Crippen molar-refractivity contribution in [3.8, 4) is 0 Å². The fraction of sp³-hybridized carbons (Fsp3) is 0.214. The van der Waals surface area contributed by atoms with Gasteiger partial charge < -0.3 is 10.6 Å². The zero-order valence-electron chi connectivity index (χ0n) is 10.9. The molecule has 2 N–H and O–H groups in total. The molecule has 5 nitrogen and oxygen atoms in total. The second-order valence-corrected chi connectivity index (χ2v) is 5.58. The summed E-state index contributed by atoms with van der Waals surface area (Å²) >= 11 is 12.0. The molecule has 0 unspecified atom stereocenters. The predicted octanol–water partition coefficient (Wildman–Crippen LogP) is 3.61. The van der Waals surface area contributed by atoms with E-state index >= 15 is 0 Å². The van der Waals surface area contributed by atoms with Crippen LogP contribution in [0.5, 0.6) is 0 Å². The zero-order valence-corrected chi connectivity index (χ0v) is 12.4. The van der Waals surface area contributed by atoms with Gasteiger partial charge in [-0.1, -0.05) is 29.3 Å². The van der Waals surface area contributed by atoms with E-state index in [0.717, 1.165) is 12.8 Å². The highest BCUT2D eigenvalue weighted by Gasteiger charge is 2.22. The maximum Gasteiger partial charge on any atom is 0.258 e. The highest BCUT2D eigenvalue weighted by Crippen LogP contribution is 2.30. The third-order valence-corrected chi connectivity index (χ3v) is 3.66. The van der Waals surface area contributed by atoms with Gasteiger partial charge in [0.2, 0.25) is 5.95 Å². The minimum absolute atomic E-state index is 0.340. The molecular weight excluding hydrogens is 311 g/mol. The number of carbonyl (C=O) groups is 1. The second kappa shape index (κ2) is 5.87. The molecule has 0 atom stereocenters. The SMILES string of the molecule is O=C(Nc1c(Cl)cccc1Cl)c1cnc(NC2CC2)nc1. The van der Waals surface area contributed by atoms with Crippen molar-refractivity contribution in [3.63, 3.8) is 0 Å². The molecular formula is C14H12Cl2N4O. The van der Waals surface area contributed by atoms with Crippen molar-refractivity contribution in [3.05, 3.63) is 46.2 Å². The lowest BCUT2D eigenvalue weighted by Crippen LogP contribution is -2.14. The Labute approximate surface area is 131 Å². The summed E-state index contributed by atoms with van der Waals surface area (Å²) in [6.45, 7) is 0. The molecule has 1 heterocycles. The summed E-state index contributed by atoms with van der Waals surface area (Å²) in [5, 5.41) is 6.57. The van der Waals surface area contributed by atoms with Crippen LogP contribution in [0.2, 0.25) is 10.0 Å². The van der Waals surface area contributed by atoms with E-state index in [2.05, 4.69) is 20.6 Å². The van der Waals surface area contributed by atoms with Crippen LogP contribution in [0.3, 0.4) is 0 Å². The quantitative estimate of drug-likeness (QED) is 0.902. The van der Waals surface area contributed by atoms with Gasteiger partial charge in [-0.25, -0.2) is 9.97 Å². The lowest BCUT2D eigenvalue weighted by Gasteiger charge is -2.09. The van der Waals surface area contributed by atoms with Crippen LogP contribution in [-0.2, 0) is 0 Å². The van der Waals surface area contributed by atoms with Crippen molar-refractivity contribution in [2.45, 2.75) is 18.9 Å². The highest BCUT2D eigenvalue weighted by atomic mass is 35.5. The Kier molecular flexibility index (Phi) is 3.94. The minimum Gasteiger partial charge on any atom is -0.351 e.